The largest absolute Gasteiger partial charge is 0.310 e. The third kappa shape index (κ3) is 0.821. The van der Waals surface area contributed by atoms with Crippen LogP contribution in [0.25, 0.3) is 16.4 Å². The Balaban J connectivity index is 2.70. The molecule has 0 saturated carbocycles. The Kier molecular flexibility index (Phi) is 1.28. The highest BCUT2D eigenvalue weighted by Crippen LogP contribution is 2.15. The quantitative estimate of drug-likeness (QED) is 0.571. The smallest absolute Gasteiger partial charge is 0.275 e. The normalized spacial score (nSPS) is 11.1. The number of fused-ring (bicyclic) bond motifs is 3. The van der Waals surface area contributed by atoms with Crippen LogP contribution in [0, 0.1) is 0 Å². The Morgan fingerprint density at radius 2 is 2.07 bits per heavy atom. The van der Waals surface area contributed by atoms with E-state index in [-0.39, 0.29) is 5.56 Å². The summed E-state index contributed by atoms with van der Waals surface area (Å²) in [6.45, 7) is 0. The van der Waals surface area contributed by atoms with Gasteiger partial charge in [0.2, 0.25) is 0 Å². The summed E-state index contributed by atoms with van der Waals surface area (Å²) in [5.74, 6) is 0. The molecule has 0 aliphatic rings. The van der Waals surface area contributed by atoms with Gasteiger partial charge in [-0.25, -0.2) is 4.52 Å². The number of para-hydroxylation sites is 1. The fourth-order valence-electron chi connectivity index (χ4n) is 1.65. The first-order valence-electron chi connectivity index (χ1n) is 4.30. The first-order chi connectivity index (χ1) is 6.86. The lowest BCUT2D eigenvalue weighted by atomic mass is 10.2. The van der Waals surface area contributed by atoms with Crippen LogP contribution in [-0.2, 0) is 0 Å². The third-order valence-electron chi connectivity index (χ3n) is 2.29. The number of hydrogen-bond acceptors (Lipinski definition) is 2. The van der Waals surface area contributed by atoms with E-state index in [0.29, 0.717) is 5.52 Å². The first-order valence-corrected chi connectivity index (χ1v) is 4.30. The van der Waals surface area contributed by atoms with Gasteiger partial charge in [-0.15, -0.1) is 0 Å². The van der Waals surface area contributed by atoms with Crippen molar-refractivity contribution in [2.75, 3.05) is 0 Å². The summed E-state index contributed by atoms with van der Waals surface area (Å²) >= 11 is 0. The lowest BCUT2D eigenvalue weighted by Gasteiger charge is -1.92. The van der Waals surface area contributed by atoms with Crippen LogP contribution in [0.5, 0.6) is 0 Å². The Hall–Kier alpha value is -2.10. The topological polar surface area (TPSA) is 50.2 Å². The van der Waals surface area contributed by atoms with E-state index in [9.17, 15) is 4.79 Å². The lowest BCUT2D eigenvalue weighted by Crippen LogP contribution is -2.09. The second-order valence-corrected chi connectivity index (χ2v) is 3.12. The van der Waals surface area contributed by atoms with Crippen LogP contribution < -0.4 is 5.56 Å². The van der Waals surface area contributed by atoms with E-state index in [4.69, 9.17) is 0 Å². The van der Waals surface area contributed by atoms with Gasteiger partial charge in [-0.2, -0.15) is 5.10 Å². The summed E-state index contributed by atoms with van der Waals surface area (Å²) in [5.41, 5.74) is 1.42. The second-order valence-electron chi connectivity index (χ2n) is 3.12. The van der Waals surface area contributed by atoms with Gasteiger partial charge in [0.05, 0.1) is 5.52 Å². The molecule has 3 rings (SSSR count). The Morgan fingerprint density at radius 1 is 1.21 bits per heavy atom. The van der Waals surface area contributed by atoms with Crippen LogP contribution in [-0.4, -0.2) is 14.6 Å². The molecule has 3 aromatic rings. The van der Waals surface area contributed by atoms with E-state index in [1.54, 1.807) is 4.52 Å². The molecule has 0 radical (unpaired) electrons. The van der Waals surface area contributed by atoms with E-state index in [2.05, 4.69) is 10.1 Å². The average Bonchev–Trinajstić information content (AvgIpc) is 2.59. The number of hydrogen-bond donors (Lipinski definition) is 1. The molecule has 1 aromatic carbocycles. The average molecular weight is 185 g/mol. The minimum Gasteiger partial charge on any atom is -0.310 e. The molecule has 0 atom stereocenters. The van der Waals surface area contributed by atoms with Crippen LogP contribution in [0.15, 0.2) is 41.5 Å². The molecule has 0 fully saturated rings. The zero-order valence-corrected chi connectivity index (χ0v) is 7.27. The van der Waals surface area contributed by atoms with Crippen molar-refractivity contribution in [3.8, 4) is 0 Å². The SMILES string of the molecule is O=c1[nH]cnn2c1cc1ccccc12. The van der Waals surface area contributed by atoms with E-state index >= 15 is 0 Å². The van der Waals surface area contributed by atoms with Gasteiger partial charge in [0.15, 0.2) is 0 Å². The number of aromatic amines is 1. The van der Waals surface area contributed by atoms with Gasteiger partial charge in [0.25, 0.3) is 5.56 Å². The number of H-pyrrole nitrogens is 1. The molecule has 2 heterocycles. The maximum atomic E-state index is 11.4. The van der Waals surface area contributed by atoms with Gasteiger partial charge >= 0.3 is 0 Å². The molecule has 0 saturated heterocycles. The van der Waals surface area contributed by atoms with Crippen molar-refractivity contribution in [2.24, 2.45) is 0 Å². The molecule has 0 spiro atoms. The minimum atomic E-state index is -0.115. The number of aromatic nitrogens is 3. The fraction of sp³-hybridized carbons (Fsp3) is 0. The van der Waals surface area contributed by atoms with Crippen LogP contribution in [0.4, 0.5) is 0 Å². The zero-order valence-electron chi connectivity index (χ0n) is 7.27. The van der Waals surface area contributed by atoms with Crippen molar-refractivity contribution in [3.63, 3.8) is 0 Å². The van der Waals surface area contributed by atoms with Gasteiger partial charge < -0.3 is 4.98 Å². The summed E-state index contributed by atoms with van der Waals surface area (Å²) in [6.07, 6.45) is 1.40. The number of nitrogens with one attached hydrogen (secondary N) is 1. The molecular formula is C10H7N3O. The van der Waals surface area contributed by atoms with Gasteiger partial charge in [-0.05, 0) is 12.1 Å². The molecule has 0 amide bonds. The molecule has 14 heavy (non-hydrogen) atoms. The molecule has 1 N–H and O–H groups in total. The fourth-order valence-corrected chi connectivity index (χ4v) is 1.65. The third-order valence-corrected chi connectivity index (χ3v) is 2.29. The summed E-state index contributed by atoms with van der Waals surface area (Å²) in [4.78, 5) is 14.0. The predicted molar refractivity (Wildman–Crippen MR) is 53.3 cm³/mol. The molecule has 0 aliphatic carbocycles. The van der Waals surface area contributed by atoms with Crippen molar-refractivity contribution in [2.45, 2.75) is 0 Å². The van der Waals surface area contributed by atoms with Gasteiger partial charge in [-0.3, -0.25) is 4.79 Å². The Morgan fingerprint density at radius 3 is 3.00 bits per heavy atom. The molecular weight excluding hydrogens is 178 g/mol. The standard InChI is InChI=1S/C10H7N3O/c14-10-9-5-7-3-1-2-4-8(7)13(9)12-6-11-10/h1-6H,(H,11,12,14). The van der Waals surface area contributed by atoms with Crippen LogP contribution in [0.1, 0.15) is 0 Å². The van der Waals surface area contributed by atoms with Crippen molar-refractivity contribution < 1.29 is 0 Å². The molecule has 68 valence electrons. The van der Waals surface area contributed by atoms with Crippen molar-refractivity contribution in [3.05, 3.63) is 47.0 Å². The second kappa shape index (κ2) is 2.45. The summed E-state index contributed by atoms with van der Waals surface area (Å²) < 4.78 is 1.65. The zero-order chi connectivity index (χ0) is 9.54. The van der Waals surface area contributed by atoms with Gasteiger partial charge in [0.1, 0.15) is 11.8 Å². The van der Waals surface area contributed by atoms with Crippen LogP contribution >= 0.6 is 0 Å². The summed E-state index contributed by atoms with van der Waals surface area (Å²) in [7, 11) is 0. The van der Waals surface area contributed by atoms with Gasteiger partial charge in [-0.1, -0.05) is 18.2 Å². The maximum Gasteiger partial charge on any atom is 0.275 e. The molecule has 0 unspecified atom stereocenters. The maximum absolute atomic E-state index is 11.4. The molecule has 0 bridgehead atoms. The number of rotatable bonds is 0. The number of benzene rings is 1. The molecule has 4 nitrogen and oxygen atoms in total. The van der Waals surface area contributed by atoms with Gasteiger partial charge in [0, 0.05) is 5.39 Å². The monoisotopic (exact) mass is 185 g/mol. The number of nitrogens with zero attached hydrogens (tertiary/aromatic N) is 2. The van der Waals surface area contributed by atoms with Crippen LogP contribution in [0.3, 0.4) is 0 Å². The lowest BCUT2D eigenvalue weighted by molar-refractivity contribution is 0.914. The van der Waals surface area contributed by atoms with Crippen molar-refractivity contribution >= 4 is 16.4 Å². The Labute approximate surface area is 78.8 Å². The van der Waals surface area contributed by atoms with E-state index in [1.165, 1.54) is 6.33 Å². The first kappa shape index (κ1) is 7.32. The summed E-state index contributed by atoms with van der Waals surface area (Å²) in [5, 5.41) is 5.12. The highest BCUT2D eigenvalue weighted by Gasteiger charge is 2.04. The molecule has 0 aliphatic heterocycles. The van der Waals surface area contributed by atoms with E-state index < -0.39 is 0 Å². The molecule has 4 heteroatoms. The Bertz CT molecular complexity index is 665. The predicted octanol–water partition coefficient (Wildman–Crippen LogP) is 1.18. The van der Waals surface area contributed by atoms with Crippen LogP contribution in [0.2, 0.25) is 0 Å². The highest BCUT2D eigenvalue weighted by molar-refractivity contribution is 5.86. The molecule has 2 aromatic heterocycles. The van der Waals surface area contributed by atoms with E-state index in [1.807, 2.05) is 30.3 Å². The van der Waals surface area contributed by atoms with Crippen molar-refractivity contribution in [1.29, 1.82) is 0 Å². The van der Waals surface area contributed by atoms with Crippen molar-refractivity contribution in [1.82, 2.24) is 14.6 Å². The summed E-state index contributed by atoms with van der Waals surface area (Å²) in [6, 6.07) is 9.60. The van der Waals surface area contributed by atoms with E-state index in [0.717, 1.165) is 10.9 Å². The minimum absolute atomic E-state index is 0.115. The highest BCUT2D eigenvalue weighted by atomic mass is 16.1.